The summed E-state index contributed by atoms with van der Waals surface area (Å²) in [5.74, 6) is 0.354. The number of nitrogens with one attached hydrogen (secondary N) is 1. The van der Waals surface area contributed by atoms with Crippen LogP contribution in [-0.4, -0.2) is 67.3 Å². The fraction of sp³-hybridized carbons (Fsp3) is 0.444. The average molecular weight is 517 g/mol. The first kappa shape index (κ1) is 27.9. The number of carbonyl (C=O) groups excluding carboxylic acids is 1. The highest BCUT2D eigenvalue weighted by atomic mass is 32.2. The Morgan fingerprint density at radius 3 is 2.53 bits per heavy atom. The predicted octanol–water partition coefficient (Wildman–Crippen LogP) is 2.51. The lowest BCUT2D eigenvalue weighted by Crippen LogP contribution is -2.51. The molecule has 3 N–H and O–H groups in total. The van der Waals surface area contributed by atoms with Crippen LogP contribution in [0.25, 0.3) is 0 Å². The second-order valence-electron chi connectivity index (χ2n) is 9.25. The van der Waals surface area contributed by atoms with E-state index in [0.717, 1.165) is 22.7 Å². The van der Waals surface area contributed by atoms with Gasteiger partial charge in [-0.25, -0.2) is 8.42 Å². The molecular weight excluding hydrogens is 480 g/mol. The average Bonchev–Trinajstić information content (AvgIpc) is 3.36. The van der Waals surface area contributed by atoms with Gasteiger partial charge in [0.25, 0.3) is 0 Å². The predicted molar refractivity (Wildman–Crippen MR) is 138 cm³/mol. The molecule has 0 fully saturated rings. The van der Waals surface area contributed by atoms with Crippen molar-refractivity contribution in [2.45, 2.75) is 55.8 Å². The molecule has 2 aromatic rings. The molecule has 2 aromatic carbocycles. The zero-order chi connectivity index (χ0) is 26.1. The van der Waals surface area contributed by atoms with Crippen molar-refractivity contribution in [2.75, 3.05) is 20.2 Å². The zero-order valence-electron chi connectivity index (χ0n) is 20.8. The molecule has 4 atom stereocenters. The van der Waals surface area contributed by atoms with Gasteiger partial charge in [-0.05, 0) is 49.8 Å². The van der Waals surface area contributed by atoms with Gasteiger partial charge >= 0.3 is 0 Å². The van der Waals surface area contributed by atoms with Crippen molar-refractivity contribution >= 4 is 15.9 Å². The number of aliphatic hydroxyl groups is 2. The molecule has 0 heterocycles. The largest absolute Gasteiger partial charge is 0.497 e. The number of hydrogen-bond acceptors (Lipinski definition) is 6. The fourth-order valence-corrected chi connectivity index (χ4v) is 5.91. The van der Waals surface area contributed by atoms with Crippen LogP contribution >= 0.6 is 0 Å². The lowest BCUT2D eigenvalue weighted by atomic mass is 9.99. The van der Waals surface area contributed by atoms with E-state index < -0.39 is 28.3 Å². The first-order chi connectivity index (χ1) is 17.2. The van der Waals surface area contributed by atoms with Crippen LogP contribution in [0.15, 0.2) is 71.6 Å². The highest BCUT2D eigenvalue weighted by Crippen LogP contribution is 2.23. The Kier molecular flexibility index (Phi) is 10.1. The smallest absolute Gasteiger partial charge is 0.243 e. The summed E-state index contributed by atoms with van der Waals surface area (Å²) in [5.41, 5.74) is 0.903. The number of methoxy groups -OCH3 is 1. The third kappa shape index (κ3) is 7.89. The van der Waals surface area contributed by atoms with Gasteiger partial charge in [-0.3, -0.25) is 4.79 Å². The normalized spacial score (nSPS) is 18.1. The van der Waals surface area contributed by atoms with E-state index in [9.17, 15) is 23.4 Å². The van der Waals surface area contributed by atoms with Gasteiger partial charge in [0.05, 0.1) is 30.3 Å². The minimum Gasteiger partial charge on any atom is -0.497 e. The van der Waals surface area contributed by atoms with E-state index in [1.807, 2.05) is 36.4 Å². The maximum absolute atomic E-state index is 13.5. The number of benzene rings is 2. The molecule has 196 valence electrons. The number of aliphatic hydroxyl groups excluding tert-OH is 2. The summed E-state index contributed by atoms with van der Waals surface area (Å²) in [6.45, 7) is 0.972. The molecule has 0 saturated heterocycles. The van der Waals surface area contributed by atoms with Crippen molar-refractivity contribution in [1.29, 1.82) is 0 Å². The number of rotatable bonds is 13. The van der Waals surface area contributed by atoms with Crippen LogP contribution in [0.5, 0.6) is 5.75 Å². The molecule has 1 aliphatic rings. The summed E-state index contributed by atoms with van der Waals surface area (Å²) in [4.78, 5) is 12.8. The number of allylic oxidation sites excluding steroid dienone is 2. The summed E-state index contributed by atoms with van der Waals surface area (Å²) in [6.07, 6.45) is 4.43. The Morgan fingerprint density at radius 1 is 1.14 bits per heavy atom. The molecule has 0 aromatic heterocycles. The molecule has 0 radical (unpaired) electrons. The van der Waals surface area contributed by atoms with Gasteiger partial charge in [0, 0.05) is 25.6 Å². The molecule has 0 unspecified atom stereocenters. The zero-order valence-corrected chi connectivity index (χ0v) is 21.6. The quantitative estimate of drug-likeness (QED) is 0.352. The van der Waals surface area contributed by atoms with E-state index in [1.54, 1.807) is 12.1 Å². The Hall–Kier alpha value is -2.72. The number of amides is 1. The van der Waals surface area contributed by atoms with Crippen molar-refractivity contribution in [1.82, 2.24) is 9.62 Å². The number of nitrogens with zero attached hydrogens (tertiary/aromatic N) is 1. The summed E-state index contributed by atoms with van der Waals surface area (Å²) in [6, 6.07) is 14.7. The van der Waals surface area contributed by atoms with Gasteiger partial charge in [-0.15, -0.1) is 0 Å². The van der Waals surface area contributed by atoms with Gasteiger partial charge < -0.3 is 20.3 Å². The second kappa shape index (κ2) is 13.0. The molecule has 1 aliphatic carbocycles. The van der Waals surface area contributed by atoms with Crippen LogP contribution in [0.1, 0.15) is 31.7 Å². The van der Waals surface area contributed by atoms with Gasteiger partial charge in [0.2, 0.25) is 15.9 Å². The first-order valence-electron chi connectivity index (χ1n) is 12.2. The number of ether oxygens (including phenoxy) is 1. The summed E-state index contributed by atoms with van der Waals surface area (Å²) in [7, 11) is -2.62. The van der Waals surface area contributed by atoms with Gasteiger partial charge in [0.15, 0.2) is 0 Å². The molecule has 8 nitrogen and oxygen atoms in total. The Labute approximate surface area is 213 Å². The van der Waals surface area contributed by atoms with Gasteiger partial charge in [-0.1, -0.05) is 48.6 Å². The monoisotopic (exact) mass is 516 g/mol. The van der Waals surface area contributed by atoms with Crippen molar-refractivity contribution in [3.05, 3.63) is 72.3 Å². The standard InChI is InChI=1S/C27H36N2O6S/c1-20(30)18-29(36(33,34)24-14-8-13-23(17-24)35-2)19-26(31)25(15-21-9-4-3-5-10-21)28-27(32)16-22-11-6-7-12-22/h3-6,8-11,13-14,17,20,22,25-26,30-31H,7,12,15-16,18-19H2,1-2H3,(H,28,32)/t20-,22+,25+,26-/m1/s1. The van der Waals surface area contributed by atoms with Crippen molar-refractivity contribution in [2.24, 2.45) is 5.92 Å². The lowest BCUT2D eigenvalue weighted by molar-refractivity contribution is -0.123. The second-order valence-corrected chi connectivity index (χ2v) is 11.2. The van der Waals surface area contributed by atoms with E-state index in [0.29, 0.717) is 18.6 Å². The molecule has 0 aliphatic heterocycles. The molecule has 1 amide bonds. The number of hydrogen-bond donors (Lipinski definition) is 3. The van der Waals surface area contributed by atoms with E-state index in [4.69, 9.17) is 4.74 Å². The molecule has 0 bridgehead atoms. The lowest BCUT2D eigenvalue weighted by Gasteiger charge is -2.30. The van der Waals surface area contributed by atoms with E-state index in [1.165, 1.54) is 26.2 Å². The Morgan fingerprint density at radius 2 is 1.89 bits per heavy atom. The van der Waals surface area contributed by atoms with Crippen LogP contribution in [0.2, 0.25) is 0 Å². The molecule has 9 heteroatoms. The Balaban J connectivity index is 1.82. The highest BCUT2D eigenvalue weighted by Gasteiger charge is 2.32. The maximum atomic E-state index is 13.5. The van der Waals surface area contributed by atoms with Crippen LogP contribution in [0, 0.1) is 5.92 Å². The molecular formula is C27H36N2O6S. The van der Waals surface area contributed by atoms with Gasteiger partial charge in [-0.2, -0.15) is 4.31 Å². The van der Waals surface area contributed by atoms with Crippen LogP contribution in [0.4, 0.5) is 0 Å². The molecule has 0 spiro atoms. The number of carbonyl (C=O) groups is 1. The minimum atomic E-state index is -4.07. The van der Waals surface area contributed by atoms with Crippen LogP contribution in [-0.2, 0) is 21.2 Å². The Bertz CT molecular complexity index is 1120. The highest BCUT2D eigenvalue weighted by molar-refractivity contribution is 7.89. The van der Waals surface area contributed by atoms with E-state index in [2.05, 4.69) is 11.4 Å². The first-order valence-corrected chi connectivity index (χ1v) is 13.6. The van der Waals surface area contributed by atoms with E-state index >= 15 is 0 Å². The SMILES string of the molecule is COc1cccc(S(=O)(=O)N(C[C@@H](O)[C@H](Cc2ccccc2)NC(=O)C[C@H]2C=CCC2)C[C@@H](C)O)c1. The van der Waals surface area contributed by atoms with Crippen LogP contribution < -0.4 is 10.1 Å². The maximum Gasteiger partial charge on any atom is 0.243 e. The topological polar surface area (TPSA) is 116 Å². The summed E-state index contributed by atoms with van der Waals surface area (Å²) < 4.78 is 33.1. The number of sulfonamides is 1. The van der Waals surface area contributed by atoms with Crippen LogP contribution in [0.3, 0.4) is 0 Å². The van der Waals surface area contributed by atoms with Crippen molar-refractivity contribution < 1.29 is 28.2 Å². The third-order valence-electron chi connectivity index (χ3n) is 6.21. The summed E-state index contributed by atoms with van der Waals surface area (Å²) in [5, 5.41) is 24.2. The fourth-order valence-electron chi connectivity index (χ4n) is 4.33. The molecule has 3 rings (SSSR count). The molecule has 0 saturated carbocycles. The van der Waals surface area contributed by atoms with Crippen molar-refractivity contribution in [3.63, 3.8) is 0 Å². The van der Waals surface area contributed by atoms with Gasteiger partial charge in [0.1, 0.15) is 5.75 Å². The summed E-state index contributed by atoms with van der Waals surface area (Å²) >= 11 is 0. The van der Waals surface area contributed by atoms with E-state index in [-0.39, 0.29) is 29.8 Å². The molecule has 36 heavy (non-hydrogen) atoms. The van der Waals surface area contributed by atoms with Crippen molar-refractivity contribution in [3.8, 4) is 5.75 Å². The third-order valence-corrected chi connectivity index (χ3v) is 8.03. The minimum absolute atomic E-state index is 0.00799.